The van der Waals surface area contributed by atoms with Crippen LogP contribution < -0.4 is 5.32 Å². The second-order valence-corrected chi connectivity index (χ2v) is 6.27. The maximum Gasteiger partial charge on any atom is 0.416 e. The smallest absolute Gasteiger partial charge is 0.313 e. The van der Waals surface area contributed by atoms with Gasteiger partial charge in [-0.1, -0.05) is 25.1 Å². The van der Waals surface area contributed by atoms with Gasteiger partial charge in [-0.3, -0.25) is 4.21 Å². The lowest BCUT2D eigenvalue weighted by Gasteiger charge is -2.11. The fourth-order valence-electron chi connectivity index (χ4n) is 1.56. The zero-order valence-corrected chi connectivity index (χ0v) is 11.8. The number of benzene rings is 1. The maximum atomic E-state index is 12.5. The van der Waals surface area contributed by atoms with Crippen LogP contribution in [-0.4, -0.2) is 22.3 Å². The standard InChI is InChI=1S/C13H18F3NOS/c1-10(19(2)18)6-7-17-9-11-4-3-5-12(8-11)13(14,15)16/h3-5,8,10,17H,6-7,9H2,1-2H3. The third-order valence-corrected chi connectivity index (χ3v) is 4.25. The topological polar surface area (TPSA) is 29.1 Å². The second kappa shape index (κ2) is 7.05. The highest BCUT2D eigenvalue weighted by Crippen LogP contribution is 2.29. The van der Waals surface area contributed by atoms with Crippen LogP contribution in [0.5, 0.6) is 0 Å². The summed E-state index contributed by atoms with van der Waals surface area (Å²) in [6, 6.07) is 5.27. The van der Waals surface area contributed by atoms with E-state index < -0.39 is 22.5 Å². The Hall–Kier alpha value is -0.880. The van der Waals surface area contributed by atoms with Crippen molar-refractivity contribution in [3.8, 4) is 0 Å². The third kappa shape index (κ3) is 5.74. The molecule has 0 bridgehead atoms. The Labute approximate surface area is 113 Å². The number of nitrogens with one attached hydrogen (secondary N) is 1. The van der Waals surface area contributed by atoms with Crippen LogP contribution in [0.3, 0.4) is 0 Å². The highest BCUT2D eigenvalue weighted by molar-refractivity contribution is 7.84. The lowest BCUT2D eigenvalue weighted by Crippen LogP contribution is -2.21. The van der Waals surface area contributed by atoms with E-state index in [0.717, 1.165) is 18.6 Å². The van der Waals surface area contributed by atoms with E-state index in [1.807, 2.05) is 6.92 Å². The molecule has 0 heterocycles. The van der Waals surface area contributed by atoms with E-state index in [9.17, 15) is 17.4 Å². The summed E-state index contributed by atoms with van der Waals surface area (Å²) in [6.45, 7) is 2.91. The van der Waals surface area contributed by atoms with Crippen LogP contribution in [0.2, 0.25) is 0 Å². The van der Waals surface area contributed by atoms with Gasteiger partial charge in [0.15, 0.2) is 0 Å². The minimum absolute atomic E-state index is 0.0917. The van der Waals surface area contributed by atoms with Crippen LogP contribution in [0, 0.1) is 0 Å². The van der Waals surface area contributed by atoms with Gasteiger partial charge >= 0.3 is 6.18 Å². The van der Waals surface area contributed by atoms with Crippen LogP contribution in [0.1, 0.15) is 24.5 Å². The lowest BCUT2D eigenvalue weighted by molar-refractivity contribution is -0.137. The van der Waals surface area contributed by atoms with Crippen molar-refractivity contribution in [2.45, 2.75) is 31.3 Å². The zero-order valence-electron chi connectivity index (χ0n) is 11.0. The highest BCUT2D eigenvalue weighted by atomic mass is 32.2. The van der Waals surface area contributed by atoms with Gasteiger partial charge in [-0.15, -0.1) is 0 Å². The van der Waals surface area contributed by atoms with Crippen molar-refractivity contribution >= 4 is 10.8 Å². The molecule has 19 heavy (non-hydrogen) atoms. The van der Waals surface area contributed by atoms with E-state index >= 15 is 0 Å². The SMILES string of the molecule is CC(CCNCc1cccc(C(F)(F)F)c1)S(C)=O. The lowest BCUT2D eigenvalue weighted by atomic mass is 10.1. The van der Waals surface area contributed by atoms with Gasteiger partial charge in [-0.05, 0) is 24.6 Å². The van der Waals surface area contributed by atoms with E-state index in [2.05, 4.69) is 5.32 Å². The summed E-state index contributed by atoms with van der Waals surface area (Å²) in [6.07, 6.45) is -1.91. The number of hydrogen-bond acceptors (Lipinski definition) is 2. The molecule has 0 aliphatic rings. The predicted octanol–water partition coefficient (Wildman–Crippen LogP) is 2.95. The fourth-order valence-corrected chi connectivity index (χ4v) is 2.01. The molecule has 0 spiro atoms. The van der Waals surface area contributed by atoms with Crippen LogP contribution >= 0.6 is 0 Å². The molecule has 1 aromatic carbocycles. The van der Waals surface area contributed by atoms with E-state index in [-0.39, 0.29) is 5.25 Å². The van der Waals surface area contributed by atoms with Crippen LogP contribution in [0.15, 0.2) is 24.3 Å². The van der Waals surface area contributed by atoms with Gasteiger partial charge in [0.1, 0.15) is 0 Å². The molecule has 1 rings (SSSR count). The van der Waals surface area contributed by atoms with E-state index in [0.29, 0.717) is 18.7 Å². The molecule has 0 aliphatic carbocycles. The molecule has 0 amide bonds. The van der Waals surface area contributed by atoms with Crippen molar-refractivity contribution in [3.63, 3.8) is 0 Å². The average molecular weight is 293 g/mol. The molecule has 1 N–H and O–H groups in total. The van der Waals surface area contributed by atoms with Gasteiger partial charge in [-0.2, -0.15) is 13.2 Å². The summed E-state index contributed by atoms with van der Waals surface area (Å²) in [5.41, 5.74) is -0.0325. The molecule has 2 nitrogen and oxygen atoms in total. The zero-order chi connectivity index (χ0) is 14.5. The van der Waals surface area contributed by atoms with Crippen molar-refractivity contribution in [3.05, 3.63) is 35.4 Å². The second-order valence-electron chi connectivity index (χ2n) is 4.47. The molecule has 0 saturated heterocycles. The summed E-state index contributed by atoms with van der Waals surface area (Å²) in [5, 5.41) is 3.16. The van der Waals surface area contributed by atoms with Crippen molar-refractivity contribution < 1.29 is 17.4 Å². The Morgan fingerprint density at radius 1 is 1.37 bits per heavy atom. The highest BCUT2D eigenvalue weighted by Gasteiger charge is 2.30. The van der Waals surface area contributed by atoms with Crippen molar-refractivity contribution in [1.29, 1.82) is 0 Å². The molecule has 1 aromatic rings. The Balaban J connectivity index is 2.44. The summed E-state index contributed by atoms with van der Waals surface area (Å²) >= 11 is 0. The third-order valence-electron chi connectivity index (χ3n) is 2.88. The van der Waals surface area contributed by atoms with Gasteiger partial charge in [0.05, 0.1) is 5.56 Å². The van der Waals surface area contributed by atoms with Crippen LogP contribution in [0.25, 0.3) is 0 Å². The summed E-state index contributed by atoms with van der Waals surface area (Å²) in [4.78, 5) is 0. The Morgan fingerprint density at radius 3 is 2.63 bits per heavy atom. The van der Waals surface area contributed by atoms with E-state index in [1.165, 1.54) is 6.07 Å². The van der Waals surface area contributed by atoms with Gasteiger partial charge in [-0.25, -0.2) is 0 Å². The van der Waals surface area contributed by atoms with Crippen molar-refractivity contribution in [2.24, 2.45) is 0 Å². The number of halogens is 3. The summed E-state index contributed by atoms with van der Waals surface area (Å²) < 4.78 is 48.6. The Kier molecular flexibility index (Phi) is 6.00. The molecule has 108 valence electrons. The summed E-state index contributed by atoms with van der Waals surface area (Å²) in [5.74, 6) is 0. The average Bonchev–Trinajstić information content (AvgIpc) is 2.33. The molecule has 0 aliphatic heterocycles. The fraction of sp³-hybridized carbons (Fsp3) is 0.538. The Morgan fingerprint density at radius 2 is 2.05 bits per heavy atom. The first kappa shape index (κ1) is 16.2. The van der Waals surface area contributed by atoms with E-state index in [1.54, 1.807) is 12.3 Å². The molecule has 0 saturated carbocycles. The molecular formula is C13H18F3NOS. The van der Waals surface area contributed by atoms with Crippen molar-refractivity contribution in [1.82, 2.24) is 5.32 Å². The molecular weight excluding hydrogens is 275 g/mol. The number of hydrogen-bond donors (Lipinski definition) is 1. The first-order valence-corrected chi connectivity index (χ1v) is 7.62. The van der Waals surface area contributed by atoms with Crippen LogP contribution in [-0.2, 0) is 23.5 Å². The number of alkyl halides is 3. The molecule has 0 radical (unpaired) electrons. The minimum atomic E-state index is -4.30. The molecule has 0 aromatic heterocycles. The van der Waals surface area contributed by atoms with Gasteiger partial charge < -0.3 is 5.32 Å². The maximum absolute atomic E-state index is 12.5. The molecule has 0 fully saturated rings. The van der Waals surface area contributed by atoms with Crippen molar-refractivity contribution in [2.75, 3.05) is 12.8 Å². The van der Waals surface area contributed by atoms with E-state index in [4.69, 9.17) is 0 Å². The van der Waals surface area contributed by atoms with Gasteiger partial charge in [0.2, 0.25) is 0 Å². The van der Waals surface area contributed by atoms with Crippen LogP contribution in [0.4, 0.5) is 13.2 Å². The summed E-state index contributed by atoms with van der Waals surface area (Å²) in [7, 11) is -0.862. The molecule has 2 unspecified atom stereocenters. The molecule has 2 atom stereocenters. The van der Waals surface area contributed by atoms with Gasteiger partial charge in [0, 0.05) is 28.9 Å². The first-order chi connectivity index (χ1) is 8.80. The normalized spacial score (nSPS) is 15.2. The molecule has 6 heteroatoms. The Bertz CT molecular complexity index is 434. The number of rotatable bonds is 6. The quantitative estimate of drug-likeness (QED) is 0.817. The first-order valence-electron chi connectivity index (χ1n) is 6.00. The minimum Gasteiger partial charge on any atom is -0.313 e. The van der Waals surface area contributed by atoms with Gasteiger partial charge in [0.25, 0.3) is 0 Å². The predicted molar refractivity (Wildman–Crippen MR) is 71.3 cm³/mol. The monoisotopic (exact) mass is 293 g/mol. The largest absolute Gasteiger partial charge is 0.416 e.